The summed E-state index contributed by atoms with van der Waals surface area (Å²) in [6, 6.07) is 6.15. The van der Waals surface area contributed by atoms with Crippen molar-refractivity contribution in [3.8, 4) is 0 Å². The zero-order chi connectivity index (χ0) is 11.1. The van der Waals surface area contributed by atoms with Gasteiger partial charge in [-0.3, -0.25) is 0 Å². The molecular weight excluding hydrogens is 193 g/mol. The summed E-state index contributed by atoms with van der Waals surface area (Å²) in [4.78, 5) is 2.09. The molecule has 0 bridgehead atoms. The zero-order valence-electron chi connectivity index (χ0n) is 9.07. The SMILES string of the molecule is C[C@H]1CN(C)C[C@@]1(O)c1ccc(F)cc1. The molecule has 0 aromatic heterocycles. The van der Waals surface area contributed by atoms with Crippen LogP contribution in [-0.4, -0.2) is 30.1 Å². The standard InChI is InChI=1S/C12H16FNO/c1-9-7-14(2)8-12(9,15)10-3-5-11(13)6-4-10/h3-6,9,15H,7-8H2,1-2H3/t9-,12-/m0/s1. The normalized spacial score (nSPS) is 32.1. The number of nitrogens with zero attached hydrogens (tertiary/aromatic N) is 1. The van der Waals surface area contributed by atoms with Gasteiger partial charge in [0, 0.05) is 19.0 Å². The minimum absolute atomic E-state index is 0.174. The molecule has 1 aliphatic heterocycles. The molecule has 1 fully saturated rings. The van der Waals surface area contributed by atoms with Gasteiger partial charge < -0.3 is 10.0 Å². The number of likely N-dealkylation sites (tertiary alicyclic amines) is 1. The molecule has 2 nitrogen and oxygen atoms in total. The highest BCUT2D eigenvalue weighted by molar-refractivity contribution is 5.25. The molecule has 1 aromatic rings. The van der Waals surface area contributed by atoms with Crippen LogP contribution in [0, 0.1) is 11.7 Å². The molecule has 2 atom stereocenters. The third kappa shape index (κ3) is 1.77. The molecule has 3 heteroatoms. The van der Waals surface area contributed by atoms with Crippen LogP contribution in [0.5, 0.6) is 0 Å². The first-order valence-corrected chi connectivity index (χ1v) is 5.19. The van der Waals surface area contributed by atoms with Crippen molar-refractivity contribution in [1.29, 1.82) is 0 Å². The molecule has 0 radical (unpaired) electrons. The predicted octanol–water partition coefficient (Wildman–Crippen LogP) is 1.59. The highest BCUT2D eigenvalue weighted by Crippen LogP contribution is 2.35. The summed E-state index contributed by atoms with van der Waals surface area (Å²) in [6.07, 6.45) is 0. The van der Waals surface area contributed by atoms with E-state index in [0.29, 0.717) is 6.54 Å². The summed E-state index contributed by atoms with van der Waals surface area (Å²) in [7, 11) is 1.98. The van der Waals surface area contributed by atoms with E-state index >= 15 is 0 Å². The average Bonchev–Trinajstić information content (AvgIpc) is 2.42. The van der Waals surface area contributed by atoms with Gasteiger partial charge in [-0.1, -0.05) is 19.1 Å². The smallest absolute Gasteiger partial charge is 0.123 e. The summed E-state index contributed by atoms with van der Waals surface area (Å²) in [5, 5.41) is 10.5. The van der Waals surface area contributed by atoms with Gasteiger partial charge in [-0.25, -0.2) is 4.39 Å². The molecule has 82 valence electrons. The molecule has 0 aliphatic carbocycles. The Bertz CT molecular complexity index is 351. The van der Waals surface area contributed by atoms with Gasteiger partial charge in [0.15, 0.2) is 0 Å². The van der Waals surface area contributed by atoms with Crippen molar-refractivity contribution < 1.29 is 9.50 Å². The van der Waals surface area contributed by atoms with Gasteiger partial charge in [0.2, 0.25) is 0 Å². The van der Waals surface area contributed by atoms with Crippen LogP contribution in [-0.2, 0) is 5.60 Å². The second kappa shape index (κ2) is 3.58. The van der Waals surface area contributed by atoms with Crippen molar-refractivity contribution in [2.24, 2.45) is 5.92 Å². The Morgan fingerprint density at radius 1 is 1.40 bits per heavy atom. The van der Waals surface area contributed by atoms with Crippen LogP contribution in [0.25, 0.3) is 0 Å². The minimum atomic E-state index is -0.831. The average molecular weight is 209 g/mol. The van der Waals surface area contributed by atoms with Crippen LogP contribution in [0.15, 0.2) is 24.3 Å². The van der Waals surface area contributed by atoms with Crippen LogP contribution >= 0.6 is 0 Å². The van der Waals surface area contributed by atoms with Crippen LogP contribution in [0.1, 0.15) is 12.5 Å². The molecule has 15 heavy (non-hydrogen) atoms. The number of benzene rings is 1. The van der Waals surface area contributed by atoms with E-state index in [9.17, 15) is 9.50 Å². The first kappa shape index (κ1) is 10.6. The third-order valence-electron chi connectivity index (χ3n) is 3.26. The Morgan fingerprint density at radius 2 is 2.00 bits per heavy atom. The molecule has 1 aromatic carbocycles. The van der Waals surface area contributed by atoms with Crippen LogP contribution in [0.4, 0.5) is 4.39 Å². The number of aliphatic hydroxyl groups is 1. The molecule has 0 spiro atoms. The van der Waals surface area contributed by atoms with Crippen LogP contribution in [0.3, 0.4) is 0 Å². The fourth-order valence-corrected chi connectivity index (χ4v) is 2.36. The van der Waals surface area contributed by atoms with Crippen molar-refractivity contribution in [1.82, 2.24) is 4.90 Å². The van der Waals surface area contributed by atoms with Crippen molar-refractivity contribution in [3.63, 3.8) is 0 Å². The van der Waals surface area contributed by atoms with E-state index in [2.05, 4.69) is 4.90 Å². The maximum absolute atomic E-state index is 12.8. The number of halogens is 1. The van der Waals surface area contributed by atoms with Gasteiger partial charge in [-0.2, -0.15) is 0 Å². The molecule has 1 aliphatic rings. The molecule has 2 rings (SSSR count). The lowest BCUT2D eigenvalue weighted by atomic mass is 9.85. The highest BCUT2D eigenvalue weighted by atomic mass is 19.1. The molecule has 0 unspecified atom stereocenters. The van der Waals surface area contributed by atoms with E-state index in [1.807, 2.05) is 14.0 Å². The predicted molar refractivity (Wildman–Crippen MR) is 57.0 cm³/mol. The summed E-state index contributed by atoms with van der Waals surface area (Å²) in [5.74, 6) is -0.0886. The van der Waals surface area contributed by atoms with Gasteiger partial charge in [0.25, 0.3) is 0 Å². The Kier molecular flexibility index (Phi) is 2.52. The van der Waals surface area contributed by atoms with Gasteiger partial charge in [0.05, 0.1) is 0 Å². The molecule has 0 saturated carbocycles. The van der Waals surface area contributed by atoms with E-state index in [0.717, 1.165) is 12.1 Å². The Hall–Kier alpha value is -0.930. The molecular formula is C12H16FNO. The van der Waals surface area contributed by atoms with Gasteiger partial charge in [-0.05, 0) is 24.7 Å². The van der Waals surface area contributed by atoms with Gasteiger partial charge in [0.1, 0.15) is 11.4 Å². The topological polar surface area (TPSA) is 23.5 Å². The molecule has 1 saturated heterocycles. The number of rotatable bonds is 1. The summed E-state index contributed by atoms with van der Waals surface area (Å²) in [6.45, 7) is 3.50. The lowest BCUT2D eigenvalue weighted by Crippen LogP contribution is -2.33. The first-order chi connectivity index (χ1) is 7.02. The number of likely N-dealkylation sites (N-methyl/N-ethyl adjacent to an activating group) is 1. The second-order valence-corrected chi connectivity index (χ2v) is 4.53. The largest absolute Gasteiger partial charge is 0.383 e. The Labute approximate surface area is 89.3 Å². The first-order valence-electron chi connectivity index (χ1n) is 5.19. The highest BCUT2D eigenvalue weighted by Gasteiger charge is 2.42. The van der Waals surface area contributed by atoms with Crippen molar-refractivity contribution in [2.45, 2.75) is 12.5 Å². The lowest BCUT2D eigenvalue weighted by molar-refractivity contribution is 0.0146. The summed E-state index contributed by atoms with van der Waals surface area (Å²) >= 11 is 0. The Balaban J connectivity index is 2.33. The number of hydrogen-bond acceptors (Lipinski definition) is 2. The summed E-state index contributed by atoms with van der Waals surface area (Å²) in [5.41, 5.74) is -0.0247. The van der Waals surface area contributed by atoms with E-state index < -0.39 is 5.60 Å². The van der Waals surface area contributed by atoms with E-state index in [1.54, 1.807) is 12.1 Å². The van der Waals surface area contributed by atoms with Crippen LogP contribution < -0.4 is 0 Å². The monoisotopic (exact) mass is 209 g/mol. The minimum Gasteiger partial charge on any atom is -0.383 e. The fourth-order valence-electron chi connectivity index (χ4n) is 2.36. The second-order valence-electron chi connectivity index (χ2n) is 4.53. The third-order valence-corrected chi connectivity index (χ3v) is 3.26. The number of β-amino-alcohol motifs (C(OH)–C–C–N with tert-alkyl or cyclic N) is 1. The molecule has 0 amide bonds. The number of hydrogen-bond donors (Lipinski definition) is 1. The maximum atomic E-state index is 12.8. The Morgan fingerprint density at radius 3 is 2.47 bits per heavy atom. The van der Waals surface area contributed by atoms with Crippen molar-refractivity contribution in [3.05, 3.63) is 35.6 Å². The van der Waals surface area contributed by atoms with Crippen molar-refractivity contribution in [2.75, 3.05) is 20.1 Å². The fraction of sp³-hybridized carbons (Fsp3) is 0.500. The summed E-state index contributed by atoms with van der Waals surface area (Å²) < 4.78 is 12.8. The quantitative estimate of drug-likeness (QED) is 0.759. The van der Waals surface area contributed by atoms with Crippen molar-refractivity contribution >= 4 is 0 Å². The van der Waals surface area contributed by atoms with E-state index in [4.69, 9.17) is 0 Å². The van der Waals surface area contributed by atoms with E-state index in [1.165, 1.54) is 12.1 Å². The zero-order valence-corrected chi connectivity index (χ0v) is 9.07. The van der Waals surface area contributed by atoms with Gasteiger partial charge >= 0.3 is 0 Å². The molecule has 1 heterocycles. The van der Waals surface area contributed by atoms with Gasteiger partial charge in [-0.15, -0.1) is 0 Å². The van der Waals surface area contributed by atoms with Crippen LogP contribution in [0.2, 0.25) is 0 Å². The molecule has 1 N–H and O–H groups in total. The maximum Gasteiger partial charge on any atom is 0.123 e. The lowest BCUT2D eigenvalue weighted by Gasteiger charge is -2.27. The van der Waals surface area contributed by atoms with E-state index in [-0.39, 0.29) is 11.7 Å².